The Morgan fingerprint density at radius 2 is 1.93 bits per heavy atom. The SMILES string of the molecule is CC.CCC(C)c1nsc2ccccc12. The number of hydrogen-bond acceptors (Lipinski definition) is 2. The maximum absolute atomic E-state index is 4.51. The molecule has 15 heavy (non-hydrogen) atoms. The van der Waals surface area contributed by atoms with Gasteiger partial charge in [-0.1, -0.05) is 45.9 Å². The fourth-order valence-corrected chi connectivity index (χ4v) is 2.34. The minimum absolute atomic E-state index is 0.580. The van der Waals surface area contributed by atoms with Crippen LogP contribution in [-0.2, 0) is 0 Å². The molecule has 82 valence electrons. The molecule has 2 rings (SSSR count). The Morgan fingerprint density at radius 1 is 1.27 bits per heavy atom. The monoisotopic (exact) mass is 221 g/mol. The van der Waals surface area contributed by atoms with Gasteiger partial charge in [-0.2, -0.15) is 4.37 Å². The van der Waals surface area contributed by atoms with Crippen molar-refractivity contribution < 1.29 is 0 Å². The maximum Gasteiger partial charge on any atom is 0.0648 e. The van der Waals surface area contributed by atoms with E-state index in [0.717, 1.165) is 6.42 Å². The van der Waals surface area contributed by atoms with Crippen molar-refractivity contribution in [3.63, 3.8) is 0 Å². The summed E-state index contributed by atoms with van der Waals surface area (Å²) >= 11 is 1.61. The Hall–Kier alpha value is -0.890. The zero-order valence-electron chi connectivity index (χ0n) is 9.95. The highest BCUT2D eigenvalue weighted by Gasteiger charge is 2.10. The van der Waals surface area contributed by atoms with Crippen molar-refractivity contribution in [2.45, 2.75) is 40.0 Å². The smallest absolute Gasteiger partial charge is 0.0648 e. The summed E-state index contributed by atoms with van der Waals surface area (Å²) in [6, 6.07) is 8.46. The third-order valence-corrected chi connectivity index (χ3v) is 3.33. The van der Waals surface area contributed by atoms with Crippen molar-refractivity contribution >= 4 is 21.6 Å². The molecule has 2 heteroatoms. The number of nitrogens with zero attached hydrogens (tertiary/aromatic N) is 1. The van der Waals surface area contributed by atoms with Crippen LogP contribution in [0.25, 0.3) is 10.1 Å². The summed E-state index contributed by atoms with van der Waals surface area (Å²) in [7, 11) is 0. The van der Waals surface area contributed by atoms with Crippen LogP contribution < -0.4 is 0 Å². The van der Waals surface area contributed by atoms with E-state index >= 15 is 0 Å². The zero-order valence-corrected chi connectivity index (χ0v) is 10.8. The average Bonchev–Trinajstić information content (AvgIpc) is 2.74. The Morgan fingerprint density at radius 3 is 2.60 bits per heavy atom. The largest absolute Gasteiger partial charge is 0.196 e. The van der Waals surface area contributed by atoms with Crippen LogP contribution in [0.4, 0.5) is 0 Å². The summed E-state index contributed by atoms with van der Waals surface area (Å²) in [5, 5.41) is 1.34. The molecule has 1 aromatic heterocycles. The van der Waals surface area contributed by atoms with Crippen LogP contribution in [0.15, 0.2) is 24.3 Å². The molecule has 1 nitrogen and oxygen atoms in total. The highest BCUT2D eigenvalue weighted by molar-refractivity contribution is 7.13. The normalized spacial score (nSPS) is 12.0. The third-order valence-electron chi connectivity index (χ3n) is 2.48. The lowest BCUT2D eigenvalue weighted by Gasteiger charge is -2.04. The van der Waals surface area contributed by atoms with Crippen molar-refractivity contribution in [3.8, 4) is 0 Å². The molecule has 0 spiro atoms. The van der Waals surface area contributed by atoms with Crippen LogP contribution in [0.1, 0.15) is 45.7 Å². The van der Waals surface area contributed by atoms with E-state index in [1.165, 1.54) is 15.8 Å². The van der Waals surface area contributed by atoms with Gasteiger partial charge in [0.15, 0.2) is 0 Å². The van der Waals surface area contributed by atoms with Gasteiger partial charge in [-0.3, -0.25) is 0 Å². The second-order valence-electron chi connectivity index (χ2n) is 3.37. The van der Waals surface area contributed by atoms with E-state index in [9.17, 15) is 0 Å². The molecular formula is C13H19NS. The van der Waals surface area contributed by atoms with E-state index in [1.807, 2.05) is 13.8 Å². The van der Waals surface area contributed by atoms with Crippen LogP contribution in [0, 0.1) is 0 Å². The minimum atomic E-state index is 0.580. The van der Waals surface area contributed by atoms with Crippen LogP contribution in [0.2, 0.25) is 0 Å². The average molecular weight is 221 g/mol. The van der Waals surface area contributed by atoms with Gasteiger partial charge >= 0.3 is 0 Å². The fraction of sp³-hybridized carbons (Fsp3) is 0.462. The first-order chi connectivity index (χ1) is 7.33. The van der Waals surface area contributed by atoms with Gasteiger partial charge in [-0.25, -0.2) is 0 Å². The Balaban J connectivity index is 0.000000531. The Bertz CT molecular complexity index is 406. The van der Waals surface area contributed by atoms with Crippen molar-refractivity contribution in [2.24, 2.45) is 0 Å². The molecule has 1 aromatic carbocycles. The van der Waals surface area contributed by atoms with Gasteiger partial charge in [0.1, 0.15) is 0 Å². The predicted molar refractivity (Wildman–Crippen MR) is 69.7 cm³/mol. The summed E-state index contributed by atoms with van der Waals surface area (Å²) in [4.78, 5) is 0. The molecule has 0 bridgehead atoms. The van der Waals surface area contributed by atoms with Gasteiger partial charge in [-0.15, -0.1) is 0 Å². The molecule has 1 unspecified atom stereocenters. The summed E-state index contributed by atoms with van der Waals surface area (Å²) in [5.74, 6) is 0.580. The molecule has 0 fully saturated rings. The minimum Gasteiger partial charge on any atom is -0.196 e. The molecule has 0 aliphatic heterocycles. The molecule has 0 radical (unpaired) electrons. The summed E-state index contributed by atoms with van der Waals surface area (Å²) < 4.78 is 5.81. The van der Waals surface area contributed by atoms with E-state index in [1.54, 1.807) is 11.5 Å². The van der Waals surface area contributed by atoms with Crippen LogP contribution in [-0.4, -0.2) is 4.37 Å². The molecule has 0 amide bonds. The van der Waals surface area contributed by atoms with Gasteiger partial charge in [0.25, 0.3) is 0 Å². The van der Waals surface area contributed by atoms with Crippen molar-refractivity contribution in [2.75, 3.05) is 0 Å². The lowest BCUT2D eigenvalue weighted by Crippen LogP contribution is -1.90. The number of rotatable bonds is 2. The maximum atomic E-state index is 4.51. The first-order valence-corrected chi connectivity index (χ1v) is 6.44. The van der Waals surface area contributed by atoms with E-state index in [4.69, 9.17) is 0 Å². The summed E-state index contributed by atoms with van der Waals surface area (Å²) in [5.41, 5.74) is 1.27. The van der Waals surface area contributed by atoms with E-state index in [-0.39, 0.29) is 0 Å². The van der Waals surface area contributed by atoms with Crippen LogP contribution >= 0.6 is 11.5 Å². The standard InChI is InChI=1S/C11H13NS.C2H6/c1-3-8(2)11-9-6-4-5-7-10(9)13-12-11;1-2/h4-8H,3H2,1-2H3;1-2H3. The highest BCUT2D eigenvalue weighted by Crippen LogP contribution is 2.29. The predicted octanol–water partition coefficient (Wildman–Crippen LogP) is 4.84. The molecule has 2 aromatic rings. The summed E-state index contributed by atoms with van der Waals surface area (Å²) in [6.07, 6.45) is 1.16. The molecule has 0 saturated carbocycles. The number of aromatic nitrogens is 1. The van der Waals surface area contributed by atoms with Gasteiger partial charge in [-0.05, 0) is 29.9 Å². The quantitative estimate of drug-likeness (QED) is 0.707. The van der Waals surface area contributed by atoms with E-state index in [2.05, 4.69) is 42.5 Å². The number of fused-ring (bicyclic) bond motifs is 1. The molecular weight excluding hydrogens is 202 g/mol. The lowest BCUT2D eigenvalue weighted by atomic mass is 10.0. The fourth-order valence-electron chi connectivity index (χ4n) is 1.45. The molecule has 0 aliphatic carbocycles. The van der Waals surface area contributed by atoms with Crippen molar-refractivity contribution in [1.82, 2.24) is 4.37 Å². The first-order valence-electron chi connectivity index (χ1n) is 5.67. The van der Waals surface area contributed by atoms with Gasteiger partial charge in [0, 0.05) is 5.39 Å². The highest BCUT2D eigenvalue weighted by atomic mass is 32.1. The van der Waals surface area contributed by atoms with Crippen molar-refractivity contribution in [1.29, 1.82) is 0 Å². The van der Waals surface area contributed by atoms with Gasteiger partial charge < -0.3 is 0 Å². The molecule has 0 aliphatic rings. The molecule has 1 atom stereocenters. The second-order valence-corrected chi connectivity index (χ2v) is 4.18. The Kier molecular flexibility index (Phi) is 4.76. The van der Waals surface area contributed by atoms with Gasteiger partial charge in [0.2, 0.25) is 0 Å². The van der Waals surface area contributed by atoms with E-state index < -0.39 is 0 Å². The topological polar surface area (TPSA) is 12.9 Å². The van der Waals surface area contributed by atoms with Gasteiger partial charge in [0.05, 0.1) is 10.4 Å². The number of benzene rings is 1. The molecule has 1 heterocycles. The van der Waals surface area contributed by atoms with Crippen LogP contribution in [0.5, 0.6) is 0 Å². The first kappa shape index (κ1) is 12.2. The van der Waals surface area contributed by atoms with Crippen molar-refractivity contribution in [3.05, 3.63) is 30.0 Å². The van der Waals surface area contributed by atoms with Crippen LogP contribution in [0.3, 0.4) is 0 Å². The zero-order chi connectivity index (χ0) is 11.3. The summed E-state index contributed by atoms with van der Waals surface area (Å²) in [6.45, 7) is 8.44. The second kappa shape index (κ2) is 5.86. The lowest BCUT2D eigenvalue weighted by molar-refractivity contribution is 0.723. The molecule has 0 saturated heterocycles. The molecule has 0 N–H and O–H groups in total. The number of hydrogen-bond donors (Lipinski definition) is 0. The Labute approximate surface area is 96.3 Å². The third kappa shape index (κ3) is 2.57. The van der Waals surface area contributed by atoms with E-state index in [0.29, 0.717) is 5.92 Å².